The van der Waals surface area contributed by atoms with Crippen LogP contribution in [0.3, 0.4) is 0 Å². The average Bonchev–Trinajstić information content (AvgIpc) is 3.24. The third-order valence-electron chi connectivity index (χ3n) is 5.63. The zero-order valence-electron chi connectivity index (χ0n) is 19.3. The fourth-order valence-electron chi connectivity index (χ4n) is 3.65. The second-order valence-corrected chi connectivity index (χ2v) is 7.98. The van der Waals surface area contributed by atoms with E-state index in [1.165, 1.54) is 28.9 Å². The number of amides is 2. The Morgan fingerprint density at radius 3 is 2.56 bits per heavy atom. The number of carbonyl (C=O) groups excluding carboxylic acids is 1. The van der Waals surface area contributed by atoms with Crippen LogP contribution in [0.4, 0.5) is 19.4 Å². The maximum Gasteiger partial charge on any atom is 0.404 e. The molecule has 3 aromatic rings. The summed E-state index contributed by atoms with van der Waals surface area (Å²) in [5, 5.41) is 27.3. The highest BCUT2D eigenvalue weighted by Gasteiger charge is 2.25. The summed E-state index contributed by atoms with van der Waals surface area (Å²) in [7, 11) is 0. The van der Waals surface area contributed by atoms with E-state index in [2.05, 4.69) is 25.8 Å². The Balaban J connectivity index is 1.34. The summed E-state index contributed by atoms with van der Waals surface area (Å²) in [4.78, 5) is 26.3. The minimum atomic E-state index is -2.55. The lowest BCUT2D eigenvalue weighted by atomic mass is 10.2. The number of aromatic nitrogens is 5. The smallest absolute Gasteiger partial charge is 0.404 e. The Kier molecular flexibility index (Phi) is 7.51. The van der Waals surface area contributed by atoms with Crippen LogP contribution < -0.4 is 15.0 Å². The number of hydrogen-bond donors (Lipinski definition) is 2. The molecule has 0 atom stereocenters. The van der Waals surface area contributed by atoms with Crippen LogP contribution in [0, 0.1) is 6.92 Å². The summed E-state index contributed by atoms with van der Waals surface area (Å²) in [5.41, 5.74) is 1.74. The topological polar surface area (TPSA) is 139 Å². The Bertz CT molecular complexity index is 1200. The summed E-state index contributed by atoms with van der Waals surface area (Å²) in [5.74, 6) is 0.637. The molecule has 1 aromatic carbocycles. The van der Waals surface area contributed by atoms with Gasteiger partial charge in [0, 0.05) is 37.8 Å². The lowest BCUT2D eigenvalue weighted by Crippen LogP contribution is -2.52. The number of hydrogen-bond acceptors (Lipinski definition) is 8. The van der Waals surface area contributed by atoms with E-state index in [1.54, 1.807) is 28.9 Å². The van der Waals surface area contributed by atoms with Gasteiger partial charge in [0.15, 0.2) is 5.82 Å². The van der Waals surface area contributed by atoms with Gasteiger partial charge in [0.1, 0.15) is 12.3 Å². The summed E-state index contributed by atoms with van der Waals surface area (Å²) in [6, 6.07) is 9.08. The molecule has 1 fully saturated rings. The molecule has 0 unspecified atom stereocenters. The fourth-order valence-corrected chi connectivity index (χ4v) is 3.65. The Morgan fingerprint density at radius 2 is 1.92 bits per heavy atom. The molecule has 14 heteroatoms. The largest absolute Gasteiger partial charge is 0.470 e. The molecule has 190 valence electrons. The van der Waals surface area contributed by atoms with Gasteiger partial charge in [0.25, 0.3) is 6.43 Å². The number of carboxylic acid groups (broad SMARTS) is 1. The molecule has 0 bridgehead atoms. The van der Waals surface area contributed by atoms with Crippen molar-refractivity contribution in [3.63, 3.8) is 0 Å². The summed E-state index contributed by atoms with van der Waals surface area (Å²) >= 11 is 0. The van der Waals surface area contributed by atoms with Crippen molar-refractivity contribution in [1.29, 1.82) is 0 Å². The van der Waals surface area contributed by atoms with Crippen LogP contribution in [0.25, 0.3) is 5.69 Å². The van der Waals surface area contributed by atoms with E-state index >= 15 is 0 Å². The molecular weight excluding hydrogens is 478 g/mol. The van der Waals surface area contributed by atoms with Crippen molar-refractivity contribution in [3.8, 4) is 11.6 Å². The van der Waals surface area contributed by atoms with Gasteiger partial charge in [-0.2, -0.15) is 0 Å². The number of piperazine rings is 1. The van der Waals surface area contributed by atoms with Crippen LogP contribution in [0.5, 0.6) is 5.88 Å². The van der Waals surface area contributed by atoms with E-state index in [0.717, 1.165) is 0 Å². The number of benzene rings is 1. The van der Waals surface area contributed by atoms with Gasteiger partial charge < -0.3 is 25.0 Å². The minimum Gasteiger partial charge on any atom is -0.470 e. The average molecular weight is 502 g/mol. The molecule has 3 heterocycles. The Morgan fingerprint density at radius 1 is 1.14 bits per heavy atom. The van der Waals surface area contributed by atoms with Crippen LogP contribution in [0.1, 0.15) is 23.4 Å². The van der Waals surface area contributed by atoms with E-state index < -0.39 is 12.5 Å². The normalized spacial score (nSPS) is 13.8. The molecule has 1 saturated heterocycles. The molecule has 0 radical (unpaired) electrons. The molecule has 0 spiro atoms. The van der Waals surface area contributed by atoms with Crippen LogP contribution in [-0.2, 0) is 11.4 Å². The van der Waals surface area contributed by atoms with Gasteiger partial charge in [-0.1, -0.05) is 17.3 Å². The number of nitrogens with zero attached hydrogens (tertiary/aromatic N) is 7. The molecule has 2 amide bonds. The third-order valence-corrected chi connectivity index (χ3v) is 5.63. The molecule has 36 heavy (non-hydrogen) atoms. The van der Waals surface area contributed by atoms with Crippen LogP contribution in [0.15, 0.2) is 36.4 Å². The van der Waals surface area contributed by atoms with Crippen molar-refractivity contribution < 1.29 is 28.2 Å². The SMILES string of the molecule is Cc1nnn(-c2ccc(C(F)F)cc2)c1COc1ccc(N2CCN(CCNC(=O)O)C(=O)C2)nn1. The number of nitrogens with one attached hydrogen (secondary N) is 1. The Labute approximate surface area is 204 Å². The monoisotopic (exact) mass is 502 g/mol. The van der Waals surface area contributed by atoms with Gasteiger partial charge >= 0.3 is 6.09 Å². The van der Waals surface area contributed by atoms with Crippen LogP contribution in [-0.4, -0.2) is 79.9 Å². The lowest BCUT2D eigenvalue weighted by Gasteiger charge is -2.34. The van der Waals surface area contributed by atoms with Crippen LogP contribution >= 0.6 is 0 Å². The first kappa shape index (κ1) is 24.8. The van der Waals surface area contributed by atoms with Gasteiger partial charge in [0.2, 0.25) is 11.8 Å². The van der Waals surface area contributed by atoms with Crippen LogP contribution in [0.2, 0.25) is 0 Å². The highest BCUT2D eigenvalue weighted by atomic mass is 19.3. The number of ether oxygens (including phenoxy) is 1. The molecular formula is C22H24F2N8O4. The van der Waals surface area contributed by atoms with E-state index in [1.807, 2.05) is 0 Å². The fraction of sp³-hybridized carbons (Fsp3) is 0.364. The van der Waals surface area contributed by atoms with Gasteiger partial charge in [-0.15, -0.1) is 15.3 Å². The van der Waals surface area contributed by atoms with Gasteiger partial charge in [-0.05, 0) is 25.1 Å². The summed E-state index contributed by atoms with van der Waals surface area (Å²) in [6.07, 6.45) is -3.68. The van der Waals surface area contributed by atoms with E-state index in [-0.39, 0.29) is 37.0 Å². The maximum absolute atomic E-state index is 12.8. The Hall–Kier alpha value is -4.36. The van der Waals surface area contributed by atoms with E-state index in [4.69, 9.17) is 9.84 Å². The molecule has 4 rings (SSSR count). The van der Waals surface area contributed by atoms with Crippen molar-refractivity contribution >= 4 is 17.8 Å². The molecule has 0 aliphatic carbocycles. The third kappa shape index (κ3) is 5.82. The summed E-state index contributed by atoms with van der Waals surface area (Å²) in [6.45, 7) is 3.39. The quantitative estimate of drug-likeness (QED) is 0.448. The maximum atomic E-state index is 12.8. The standard InChI is InChI=1S/C22H24F2N8O4/c1-14-17(32(29-26-14)16-4-2-15(3-5-16)21(23)24)13-36-19-7-6-18(27-28-19)31-11-10-30(20(33)12-31)9-8-25-22(34)35/h2-7,21,25H,8-13H2,1H3,(H,34,35). The number of aryl methyl sites for hydroxylation is 1. The minimum absolute atomic E-state index is 0.0744. The predicted octanol–water partition coefficient (Wildman–Crippen LogP) is 1.80. The number of carbonyl (C=O) groups is 2. The summed E-state index contributed by atoms with van der Waals surface area (Å²) < 4.78 is 32.9. The first-order valence-electron chi connectivity index (χ1n) is 11.1. The number of alkyl halides is 2. The first-order valence-corrected chi connectivity index (χ1v) is 11.1. The van der Waals surface area contributed by atoms with E-state index in [0.29, 0.717) is 42.5 Å². The van der Waals surface area contributed by atoms with Gasteiger partial charge in [-0.25, -0.2) is 18.3 Å². The molecule has 0 saturated carbocycles. The molecule has 12 nitrogen and oxygen atoms in total. The molecule has 2 N–H and O–H groups in total. The second kappa shape index (κ2) is 10.9. The van der Waals surface area contributed by atoms with Crippen molar-refractivity contribution in [1.82, 2.24) is 35.4 Å². The highest BCUT2D eigenvalue weighted by molar-refractivity contribution is 5.82. The first-order chi connectivity index (χ1) is 17.3. The zero-order valence-corrected chi connectivity index (χ0v) is 19.3. The van der Waals surface area contributed by atoms with Crippen molar-refractivity contribution in [2.45, 2.75) is 20.0 Å². The second-order valence-electron chi connectivity index (χ2n) is 7.98. The molecule has 1 aliphatic rings. The van der Waals surface area contributed by atoms with Gasteiger partial charge in [0.05, 0.1) is 17.9 Å². The van der Waals surface area contributed by atoms with Crippen molar-refractivity contribution in [3.05, 3.63) is 53.3 Å². The number of anilines is 1. The highest BCUT2D eigenvalue weighted by Crippen LogP contribution is 2.22. The lowest BCUT2D eigenvalue weighted by molar-refractivity contribution is -0.130. The molecule has 2 aromatic heterocycles. The number of rotatable bonds is 9. The van der Waals surface area contributed by atoms with Crippen molar-refractivity contribution in [2.75, 3.05) is 37.6 Å². The van der Waals surface area contributed by atoms with Gasteiger partial charge in [-0.3, -0.25) is 4.79 Å². The zero-order chi connectivity index (χ0) is 25.7. The predicted molar refractivity (Wildman–Crippen MR) is 122 cm³/mol. The number of halogens is 2. The molecule has 1 aliphatic heterocycles. The van der Waals surface area contributed by atoms with Crippen molar-refractivity contribution in [2.24, 2.45) is 0 Å². The van der Waals surface area contributed by atoms with E-state index in [9.17, 15) is 18.4 Å².